The van der Waals surface area contributed by atoms with Gasteiger partial charge < -0.3 is 20.1 Å². The van der Waals surface area contributed by atoms with E-state index in [1.54, 1.807) is 12.1 Å². The van der Waals surface area contributed by atoms with Gasteiger partial charge in [0.25, 0.3) is 11.6 Å². The molecule has 2 aromatic rings. The van der Waals surface area contributed by atoms with Crippen LogP contribution in [0.3, 0.4) is 0 Å². The summed E-state index contributed by atoms with van der Waals surface area (Å²) in [6.45, 7) is 1.28. The lowest BCUT2D eigenvalue weighted by Gasteiger charge is -2.26. The molecule has 11 nitrogen and oxygen atoms in total. The molecule has 0 aromatic heterocycles. The Balaban J connectivity index is 2.46. The average Bonchev–Trinajstić information content (AvgIpc) is 2.80. The number of nitro benzene ring substituents is 1. The predicted octanol–water partition coefficient (Wildman–Crippen LogP) is 2.17. The van der Waals surface area contributed by atoms with Crippen molar-refractivity contribution < 1.29 is 33.6 Å². The van der Waals surface area contributed by atoms with Crippen molar-refractivity contribution in [2.45, 2.75) is 25.3 Å². The Kier molecular flexibility index (Phi) is 8.61. The number of benzene rings is 2. The van der Waals surface area contributed by atoms with E-state index in [2.05, 4.69) is 10.6 Å². The molecule has 0 aliphatic rings. The highest BCUT2D eigenvalue weighted by Crippen LogP contribution is 2.28. The van der Waals surface area contributed by atoms with Crippen LogP contribution in [0, 0.1) is 10.1 Å². The van der Waals surface area contributed by atoms with Crippen molar-refractivity contribution in [1.29, 1.82) is 0 Å². The number of non-ortho nitro benzene ring substituents is 1. The fourth-order valence-electron chi connectivity index (χ4n) is 3.18. The molecule has 11 heteroatoms. The number of hydrogen-bond donors (Lipinski definition) is 2. The molecule has 0 saturated carbocycles. The molecule has 0 bridgehead atoms. The van der Waals surface area contributed by atoms with Gasteiger partial charge in [-0.2, -0.15) is 0 Å². The van der Waals surface area contributed by atoms with E-state index in [1.807, 2.05) is 0 Å². The lowest BCUT2D eigenvalue weighted by molar-refractivity contribution is -0.384. The van der Waals surface area contributed by atoms with E-state index in [-0.39, 0.29) is 23.4 Å². The SMILES string of the molecule is COC(=O)C[C@H](c1ccc([N+](=O)[O-])cc1)[C@@H](NC(=O)c1ccccc1NC(C)=O)C(=O)OC. The molecule has 2 N–H and O–H groups in total. The highest BCUT2D eigenvalue weighted by Gasteiger charge is 2.35. The van der Waals surface area contributed by atoms with Gasteiger partial charge in [-0.3, -0.25) is 24.5 Å². The van der Waals surface area contributed by atoms with Crippen molar-refractivity contribution in [3.63, 3.8) is 0 Å². The number of anilines is 1. The van der Waals surface area contributed by atoms with Gasteiger partial charge in [-0.15, -0.1) is 0 Å². The van der Waals surface area contributed by atoms with Crippen LogP contribution in [0.15, 0.2) is 48.5 Å². The van der Waals surface area contributed by atoms with E-state index >= 15 is 0 Å². The second-order valence-electron chi connectivity index (χ2n) is 6.94. The number of nitrogens with one attached hydrogen (secondary N) is 2. The number of amides is 2. The molecule has 0 heterocycles. The Morgan fingerprint density at radius 3 is 2.18 bits per heavy atom. The van der Waals surface area contributed by atoms with Gasteiger partial charge in [-0.25, -0.2) is 4.79 Å². The summed E-state index contributed by atoms with van der Waals surface area (Å²) in [6.07, 6.45) is -0.318. The molecule has 2 amide bonds. The normalized spacial score (nSPS) is 12.1. The fourth-order valence-corrected chi connectivity index (χ4v) is 3.18. The van der Waals surface area contributed by atoms with Gasteiger partial charge in [0.1, 0.15) is 6.04 Å². The van der Waals surface area contributed by atoms with E-state index < -0.39 is 40.6 Å². The van der Waals surface area contributed by atoms with Crippen LogP contribution in [0.4, 0.5) is 11.4 Å². The molecule has 174 valence electrons. The minimum Gasteiger partial charge on any atom is -0.469 e. The molecule has 0 unspecified atom stereocenters. The summed E-state index contributed by atoms with van der Waals surface area (Å²) in [6, 6.07) is 10.1. The molecular formula is C22H23N3O8. The molecule has 2 atom stereocenters. The minimum absolute atomic E-state index is 0.0853. The van der Waals surface area contributed by atoms with E-state index in [0.29, 0.717) is 5.56 Å². The maximum absolute atomic E-state index is 13.0. The molecule has 0 fully saturated rings. The first-order chi connectivity index (χ1) is 15.7. The summed E-state index contributed by atoms with van der Waals surface area (Å²) in [7, 11) is 2.29. The van der Waals surface area contributed by atoms with E-state index in [4.69, 9.17) is 9.47 Å². The fraction of sp³-hybridized carbons (Fsp3) is 0.273. The number of esters is 2. The number of hydrogen-bond acceptors (Lipinski definition) is 8. The Labute approximate surface area is 189 Å². The molecule has 0 aliphatic heterocycles. The summed E-state index contributed by atoms with van der Waals surface area (Å²) < 4.78 is 9.56. The molecule has 0 spiro atoms. The van der Waals surface area contributed by atoms with Crippen LogP contribution in [0.25, 0.3) is 0 Å². The van der Waals surface area contributed by atoms with Crippen molar-refractivity contribution in [2.24, 2.45) is 0 Å². The quantitative estimate of drug-likeness (QED) is 0.330. The standard InChI is InChI=1S/C22H23N3O8/c1-13(26)23-18-7-5-4-6-16(18)21(28)24-20(22(29)33-3)17(12-19(27)32-2)14-8-10-15(11-9-14)25(30)31/h4-11,17,20H,12H2,1-3H3,(H,23,26)(H,24,28)/t17-,20-/m1/s1. The van der Waals surface area contributed by atoms with Crippen LogP contribution in [0.1, 0.15) is 35.2 Å². The number of ether oxygens (including phenoxy) is 2. The Bertz CT molecular complexity index is 1050. The van der Waals surface area contributed by atoms with Crippen molar-refractivity contribution in [3.8, 4) is 0 Å². The van der Waals surface area contributed by atoms with Gasteiger partial charge in [-0.1, -0.05) is 24.3 Å². The number of nitrogens with zero attached hydrogens (tertiary/aromatic N) is 1. The second-order valence-corrected chi connectivity index (χ2v) is 6.94. The lowest BCUT2D eigenvalue weighted by Crippen LogP contribution is -2.46. The lowest BCUT2D eigenvalue weighted by atomic mass is 9.88. The zero-order valence-corrected chi connectivity index (χ0v) is 18.2. The number of para-hydroxylation sites is 1. The molecule has 2 rings (SSSR count). The smallest absolute Gasteiger partial charge is 0.329 e. The molecule has 33 heavy (non-hydrogen) atoms. The van der Waals surface area contributed by atoms with Gasteiger partial charge in [0.2, 0.25) is 5.91 Å². The van der Waals surface area contributed by atoms with Gasteiger partial charge in [0.05, 0.1) is 36.8 Å². The summed E-state index contributed by atoms with van der Waals surface area (Å²) in [5.41, 5.74) is 0.503. The summed E-state index contributed by atoms with van der Waals surface area (Å²) in [5.74, 6) is -3.56. The zero-order chi connectivity index (χ0) is 24.5. The summed E-state index contributed by atoms with van der Waals surface area (Å²) in [5, 5.41) is 16.1. The number of carbonyl (C=O) groups is 4. The monoisotopic (exact) mass is 457 g/mol. The third-order valence-electron chi connectivity index (χ3n) is 4.77. The highest BCUT2D eigenvalue weighted by molar-refractivity contribution is 6.04. The first-order valence-corrected chi connectivity index (χ1v) is 9.74. The van der Waals surface area contributed by atoms with Crippen molar-refractivity contribution in [2.75, 3.05) is 19.5 Å². The zero-order valence-electron chi connectivity index (χ0n) is 18.2. The number of carbonyl (C=O) groups excluding carboxylic acids is 4. The van der Waals surface area contributed by atoms with E-state index in [9.17, 15) is 29.3 Å². The van der Waals surface area contributed by atoms with Crippen molar-refractivity contribution >= 4 is 35.1 Å². The molecule has 0 radical (unpaired) electrons. The first-order valence-electron chi connectivity index (χ1n) is 9.74. The number of methoxy groups -OCH3 is 2. The third-order valence-corrected chi connectivity index (χ3v) is 4.77. The second kappa shape index (κ2) is 11.4. The Hall–Kier alpha value is -4.28. The largest absolute Gasteiger partial charge is 0.469 e. The topological polar surface area (TPSA) is 154 Å². The molecule has 0 aliphatic carbocycles. The van der Waals surface area contributed by atoms with Gasteiger partial charge >= 0.3 is 11.9 Å². The first kappa shape index (κ1) is 25.0. The van der Waals surface area contributed by atoms with Crippen LogP contribution in [0.5, 0.6) is 0 Å². The Morgan fingerprint density at radius 2 is 1.64 bits per heavy atom. The third kappa shape index (κ3) is 6.60. The van der Waals surface area contributed by atoms with Crippen LogP contribution in [-0.2, 0) is 23.9 Å². The minimum atomic E-state index is -1.34. The Morgan fingerprint density at radius 1 is 1.00 bits per heavy atom. The maximum Gasteiger partial charge on any atom is 0.329 e. The maximum atomic E-state index is 13.0. The van der Waals surface area contributed by atoms with Crippen LogP contribution >= 0.6 is 0 Å². The summed E-state index contributed by atoms with van der Waals surface area (Å²) in [4.78, 5) is 59.6. The van der Waals surface area contributed by atoms with Crippen LogP contribution in [0.2, 0.25) is 0 Å². The molecule has 2 aromatic carbocycles. The number of nitro groups is 1. The van der Waals surface area contributed by atoms with Gasteiger partial charge in [-0.05, 0) is 17.7 Å². The van der Waals surface area contributed by atoms with Crippen LogP contribution in [-0.4, -0.2) is 48.9 Å². The van der Waals surface area contributed by atoms with Gasteiger partial charge in [0, 0.05) is 25.0 Å². The van der Waals surface area contributed by atoms with Gasteiger partial charge in [0.15, 0.2) is 0 Å². The van der Waals surface area contributed by atoms with E-state index in [0.717, 1.165) is 7.11 Å². The number of rotatable bonds is 9. The van der Waals surface area contributed by atoms with Crippen molar-refractivity contribution in [3.05, 3.63) is 69.8 Å². The van der Waals surface area contributed by atoms with Crippen LogP contribution < -0.4 is 10.6 Å². The van der Waals surface area contributed by atoms with E-state index in [1.165, 1.54) is 50.4 Å². The molecule has 0 saturated heterocycles. The molecular weight excluding hydrogens is 434 g/mol. The predicted molar refractivity (Wildman–Crippen MR) is 116 cm³/mol. The highest BCUT2D eigenvalue weighted by atomic mass is 16.6. The average molecular weight is 457 g/mol. The summed E-state index contributed by atoms with van der Waals surface area (Å²) >= 11 is 0. The van der Waals surface area contributed by atoms with Crippen molar-refractivity contribution in [1.82, 2.24) is 5.32 Å².